The van der Waals surface area contributed by atoms with E-state index >= 15 is 0 Å². The number of carbonyl (C=O) groups excluding carboxylic acids is 1. The number of aromatic nitrogens is 2. The van der Waals surface area contributed by atoms with E-state index in [1.165, 1.54) is 29.4 Å². The number of piperidine rings is 1. The van der Waals surface area contributed by atoms with Crippen LogP contribution in [0.3, 0.4) is 0 Å². The molecule has 1 amide bonds. The lowest BCUT2D eigenvalue weighted by molar-refractivity contribution is -0.121. The van der Waals surface area contributed by atoms with Gasteiger partial charge in [-0.05, 0) is 61.4 Å². The summed E-state index contributed by atoms with van der Waals surface area (Å²) in [6, 6.07) is 15.5. The van der Waals surface area contributed by atoms with Crippen molar-refractivity contribution in [2.24, 2.45) is 0 Å². The lowest BCUT2D eigenvalue weighted by Crippen LogP contribution is -2.30. The zero-order valence-corrected chi connectivity index (χ0v) is 18.4. The molecule has 1 aromatic heterocycles. The van der Waals surface area contributed by atoms with Crippen LogP contribution in [0.15, 0.2) is 53.3 Å². The second kappa shape index (κ2) is 10.0. The minimum atomic E-state index is -0.168. The molecule has 1 aliphatic heterocycles. The van der Waals surface area contributed by atoms with Crippen molar-refractivity contribution in [3.63, 3.8) is 0 Å². The zero-order chi connectivity index (χ0) is 21.6. The first kappa shape index (κ1) is 21.5. The second-order valence-corrected chi connectivity index (χ2v) is 8.45. The molecule has 0 radical (unpaired) electrons. The van der Waals surface area contributed by atoms with E-state index in [0.29, 0.717) is 22.2 Å². The highest BCUT2D eigenvalue weighted by atomic mass is 32.1. The van der Waals surface area contributed by atoms with Crippen LogP contribution in [0.25, 0.3) is 10.9 Å². The van der Waals surface area contributed by atoms with Gasteiger partial charge < -0.3 is 10.3 Å². The van der Waals surface area contributed by atoms with E-state index in [-0.39, 0.29) is 24.4 Å². The van der Waals surface area contributed by atoms with Crippen molar-refractivity contribution in [3.05, 3.63) is 74.8 Å². The van der Waals surface area contributed by atoms with E-state index in [1.54, 1.807) is 6.07 Å². The maximum Gasteiger partial charge on any atom is 0.262 e. The molecule has 4 rings (SSSR count). The van der Waals surface area contributed by atoms with E-state index in [1.807, 2.05) is 24.3 Å². The van der Waals surface area contributed by atoms with Crippen molar-refractivity contribution >= 4 is 29.0 Å². The third kappa shape index (κ3) is 5.29. The van der Waals surface area contributed by atoms with Crippen LogP contribution in [0, 0.1) is 4.77 Å². The van der Waals surface area contributed by atoms with Crippen LogP contribution in [-0.4, -0.2) is 33.4 Å². The molecule has 162 valence electrons. The third-order valence-electron chi connectivity index (χ3n) is 5.89. The fraction of sp³-hybridized carbons (Fsp3) is 0.375. The number of fused-ring (bicyclic) bond motifs is 1. The van der Waals surface area contributed by atoms with E-state index in [4.69, 9.17) is 12.2 Å². The Hall–Kier alpha value is -2.77. The SMILES string of the molecule is O=C(CCn1c(=S)[nH]c2ccccc2c1=O)NCc1ccccc1CN1CCCCC1. The van der Waals surface area contributed by atoms with Gasteiger partial charge in [0, 0.05) is 26.1 Å². The first-order valence-electron chi connectivity index (χ1n) is 10.9. The molecule has 1 saturated heterocycles. The van der Waals surface area contributed by atoms with Gasteiger partial charge in [0.1, 0.15) is 0 Å². The number of aromatic amines is 1. The average Bonchev–Trinajstić information content (AvgIpc) is 2.79. The lowest BCUT2D eigenvalue weighted by Gasteiger charge is -2.27. The molecule has 1 fully saturated rings. The van der Waals surface area contributed by atoms with Gasteiger partial charge in [-0.25, -0.2) is 0 Å². The Labute approximate surface area is 186 Å². The normalized spacial score (nSPS) is 14.6. The van der Waals surface area contributed by atoms with Gasteiger partial charge >= 0.3 is 0 Å². The molecule has 2 aromatic carbocycles. The molecule has 6 nitrogen and oxygen atoms in total. The number of H-pyrrole nitrogens is 1. The molecular formula is C24H28N4O2S. The molecule has 1 aliphatic rings. The van der Waals surface area contributed by atoms with Crippen LogP contribution in [0.4, 0.5) is 0 Å². The van der Waals surface area contributed by atoms with Crippen LogP contribution in [0.1, 0.15) is 36.8 Å². The molecule has 0 bridgehead atoms. The van der Waals surface area contributed by atoms with E-state index in [9.17, 15) is 9.59 Å². The fourth-order valence-electron chi connectivity index (χ4n) is 4.14. The van der Waals surface area contributed by atoms with E-state index in [0.717, 1.165) is 25.2 Å². The maximum atomic E-state index is 12.7. The van der Waals surface area contributed by atoms with Crippen molar-refractivity contribution in [2.75, 3.05) is 13.1 Å². The first-order valence-corrected chi connectivity index (χ1v) is 11.3. The molecule has 0 atom stereocenters. The van der Waals surface area contributed by atoms with Crippen LogP contribution in [-0.2, 0) is 24.4 Å². The van der Waals surface area contributed by atoms with Gasteiger partial charge in [-0.2, -0.15) is 0 Å². The van der Waals surface area contributed by atoms with Gasteiger partial charge in [0.2, 0.25) is 5.91 Å². The Morgan fingerprint density at radius 2 is 1.71 bits per heavy atom. The van der Waals surface area contributed by atoms with Crippen LogP contribution >= 0.6 is 12.2 Å². The molecule has 0 unspecified atom stereocenters. The predicted octanol–water partition coefficient (Wildman–Crippen LogP) is 3.75. The Morgan fingerprint density at radius 3 is 2.52 bits per heavy atom. The van der Waals surface area contributed by atoms with Gasteiger partial charge in [0.15, 0.2) is 4.77 Å². The van der Waals surface area contributed by atoms with Crippen LogP contribution in [0.2, 0.25) is 0 Å². The molecule has 7 heteroatoms. The molecule has 2 N–H and O–H groups in total. The van der Waals surface area contributed by atoms with Crippen molar-refractivity contribution in [3.8, 4) is 0 Å². The molecule has 0 spiro atoms. The Morgan fingerprint density at radius 1 is 1.00 bits per heavy atom. The standard InChI is InChI=1S/C24H28N4O2S/c29-22(12-15-28-23(30)20-10-4-5-11-21(20)26-24(28)31)25-16-18-8-2-3-9-19(18)17-27-13-6-1-7-14-27/h2-5,8-11H,1,6-7,12-17H2,(H,25,29)(H,26,31). The summed E-state index contributed by atoms with van der Waals surface area (Å²) < 4.78 is 1.80. The summed E-state index contributed by atoms with van der Waals surface area (Å²) in [5.74, 6) is -0.0952. The molecule has 0 saturated carbocycles. The Bertz CT molecular complexity index is 1180. The van der Waals surface area contributed by atoms with E-state index < -0.39 is 0 Å². The average molecular weight is 437 g/mol. The third-order valence-corrected chi connectivity index (χ3v) is 6.21. The summed E-state index contributed by atoms with van der Waals surface area (Å²) in [7, 11) is 0. The highest BCUT2D eigenvalue weighted by Crippen LogP contribution is 2.16. The quantitative estimate of drug-likeness (QED) is 0.554. The summed E-state index contributed by atoms with van der Waals surface area (Å²) in [5, 5.41) is 3.58. The van der Waals surface area contributed by atoms with E-state index in [2.05, 4.69) is 33.4 Å². The number of amides is 1. The fourth-order valence-corrected chi connectivity index (χ4v) is 4.42. The highest BCUT2D eigenvalue weighted by Gasteiger charge is 2.13. The molecule has 0 aliphatic carbocycles. The van der Waals surface area contributed by atoms with Crippen molar-refractivity contribution in [2.45, 2.75) is 45.3 Å². The lowest BCUT2D eigenvalue weighted by atomic mass is 10.0. The topological polar surface area (TPSA) is 70.1 Å². The molecule has 31 heavy (non-hydrogen) atoms. The summed E-state index contributed by atoms with van der Waals surface area (Å²) in [4.78, 5) is 30.8. The van der Waals surface area contributed by atoms with Gasteiger partial charge in [0.25, 0.3) is 5.56 Å². The van der Waals surface area contributed by atoms with Crippen molar-refractivity contribution < 1.29 is 4.79 Å². The number of nitrogens with one attached hydrogen (secondary N) is 2. The minimum absolute atomic E-state index is 0.0952. The number of likely N-dealkylation sites (tertiary alicyclic amines) is 1. The van der Waals surface area contributed by atoms with Gasteiger partial charge in [-0.3, -0.25) is 19.1 Å². The summed E-state index contributed by atoms with van der Waals surface area (Å²) >= 11 is 5.33. The van der Waals surface area contributed by atoms with Crippen LogP contribution in [0.5, 0.6) is 0 Å². The number of nitrogens with zero attached hydrogens (tertiary/aromatic N) is 2. The van der Waals surface area contributed by atoms with Gasteiger partial charge in [-0.1, -0.05) is 42.8 Å². The molecule has 2 heterocycles. The smallest absolute Gasteiger partial charge is 0.262 e. The highest BCUT2D eigenvalue weighted by molar-refractivity contribution is 7.71. The molecule has 3 aromatic rings. The van der Waals surface area contributed by atoms with Gasteiger partial charge in [0.05, 0.1) is 10.9 Å². The predicted molar refractivity (Wildman–Crippen MR) is 125 cm³/mol. The summed E-state index contributed by atoms with van der Waals surface area (Å²) in [6.07, 6.45) is 4.03. The number of para-hydroxylation sites is 1. The summed E-state index contributed by atoms with van der Waals surface area (Å²) in [5.41, 5.74) is 2.95. The summed E-state index contributed by atoms with van der Waals surface area (Å²) in [6.45, 7) is 3.94. The largest absolute Gasteiger partial charge is 0.352 e. The minimum Gasteiger partial charge on any atom is -0.352 e. The zero-order valence-electron chi connectivity index (χ0n) is 17.6. The number of carbonyl (C=O) groups is 1. The van der Waals surface area contributed by atoms with Gasteiger partial charge in [-0.15, -0.1) is 0 Å². The number of hydrogen-bond acceptors (Lipinski definition) is 4. The van der Waals surface area contributed by atoms with Crippen molar-refractivity contribution in [1.29, 1.82) is 0 Å². The van der Waals surface area contributed by atoms with Crippen LogP contribution < -0.4 is 10.9 Å². The number of rotatable bonds is 7. The Kier molecular flexibility index (Phi) is 6.94. The number of benzene rings is 2. The van der Waals surface area contributed by atoms with Crippen molar-refractivity contribution in [1.82, 2.24) is 19.8 Å². The first-order chi connectivity index (χ1) is 15.1. The monoisotopic (exact) mass is 436 g/mol. The second-order valence-electron chi connectivity index (χ2n) is 8.06. The molecular weight excluding hydrogens is 408 g/mol. The number of hydrogen-bond donors (Lipinski definition) is 2. The Balaban J connectivity index is 1.37. The maximum absolute atomic E-state index is 12.7.